The van der Waals surface area contributed by atoms with E-state index in [9.17, 15) is 9.59 Å². The van der Waals surface area contributed by atoms with Crippen LogP contribution in [0.5, 0.6) is 0 Å². The minimum absolute atomic E-state index is 0.148. The monoisotopic (exact) mass is 468 g/mol. The molecule has 0 aliphatic carbocycles. The van der Waals surface area contributed by atoms with Crippen LogP contribution in [0.4, 0.5) is 5.69 Å². The van der Waals surface area contributed by atoms with Gasteiger partial charge in [0.1, 0.15) is 0 Å². The van der Waals surface area contributed by atoms with Gasteiger partial charge in [0.15, 0.2) is 5.16 Å². The van der Waals surface area contributed by atoms with Gasteiger partial charge in [-0.2, -0.15) is 5.26 Å². The number of thioether (sulfide) groups is 1. The molecule has 1 heterocycles. The van der Waals surface area contributed by atoms with Crippen LogP contribution in [-0.4, -0.2) is 27.3 Å². The average Bonchev–Trinajstić information content (AvgIpc) is 2.86. The van der Waals surface area contributed by atoms with Crippen molar-refractivity contribution in [3.8, 4) is 11.8 Å². The van der Waals surface area contributed by atoms with Crippen molar-refractivity contribution in [2.45, 2.75) is 30.7 Å². The second-order valence-electron chi connectivity index (χ2n) is 7.83. The molecule has 0 spiro atoms. The minimum Gasteiger partial charge on any atom is -0.310 e. The zero-order chi connectivity index (χ0) is 24.1. The van der Waals surface area contributed by atoms with Gasteiger partial charge < -0.3 is 4.90 Å². The number of para-hydroxylation sites is 3. The predicted molar refractivity (Wildman–Crippen MR) is 136 cm³/mol. The molecular formula is C27H24N4O2S. The minimum atomic E-state index is -0.540. The summed E-state index contributed by atoms with van der Waals surface area (Å²) in [5.74, 6) is -0.148. The van der Waals surface area contributed by atoms with Crippen LogP contribution in [0.2, 0.25) is 0 Å². The van der Waals surface area contributed by atoms with Gasteiger partial charge in [0, 0.05) is 12.2 Å². The number of carbonyl (C=O) groups is 1. The summed E-state index contributed by atoms with van der Waals surface area (Å²) in [6.07, 6.45) is 0.222. The molecule has 4 rings (SSSR count). The predicted octanol–water partition coefficient (Wildman–Crippen LogP) is 5.12. The number of aromatic nitrogens is 2. The molecule has 1 aromatic heterocycles. The molecule has 1 amide bonds. The topological polar surface area (TPSA) is 79.0 Å². The number of hydrogen-bond acceptors (Lipinski definition) is 5. The lowest BCUT2D eigenvalue weighted by molar-refractivity contribution is -0.117. The second-order valence-corrected chi connectivity index (χ2v) is 9.14. The largest absolute Gasteiger partial charge is 0.310 e. The summed E-state index contributed by atoms with van der Waals surface area (Å²) < 4.78 is 1.59. The second kappa shape index (κ2) is 10.4. The van der Waals surface area contributed by atoms with E-state index in [1.807, 2.05) is 73.7 Å². The Morgan fingerprint density at radius 1 is 1.06 bits per heavy atom. The average molecular weight is 469 g/mol. The number of anilines is 1. The van der Waals surface area contributed by atoms with E-state index < -0.39 is 5.25 Å². The first-order valence-electron chi connectivity index (χ1n) is 11.0. The molecule has 0 aliphatic heterocycles. The summed E-state index contributed by atoms with van der Waals surface area (Å²) >= 11 is 1.25. The Morgan fingerprint density at radius 2 is 1.74 bits per heavy atom. The number of nitriles is 1. The van der Waals surface area contributed by atoms with Crippen molar-refractivity contribution >= 4 is 34.3 Å². The van der Waals surface area contributed by atoms with Gasteiger partial charge in [-0.3, -0.25) is 14.2 Å². The molecule has 1 unspecified atom stereocenters. The smallest absolute Gasteiger partial charge is 0.266 e. The van der Waals surface area contributed by atoms with Crippen LogP contribution in [0.3, 0.4) is 0 Å². The number of nitrogens with zero attached hydrogens (tertiary/aromatic N) is 4. The molecule has 0 saturated carbocycles. The molecule has 170 valence electrons. The van der Waals surface area contributed by atoms with Gasteiger partial charge >= 0.3 is 0 Å². The molecule has 3 aromatic carbocycles. The summed E-state index contributed by atoms with van der Waals surface area (Å²) in [7, 11) is 0. The lowest BCUT2D eigenvalue weighted by Gasteiger charge is -2.25. The third-order valence-corrected chi connectivity index (χ3v) is 6.55. The zero-order valence-electron chi connectivity index (χ0n) is 19.0. The normalized spacial score (nSPS) is 11.7. The van der Waals surface area contributed by atoms with Crippen molar-refractivity contribution in [3.63, 3.8) is 0 Å². The van der Waals surface area contributed by atoms with E-state index in [2.05, 4.69) is 6.07 Å². The van der Waals surface area contributed by atoms with Gasteiger partial charge in [-0.1, -0.05) is 60.3 Å². The van der Waals surface area contributed by atoms with E-state index in [1.165, 1.54) is 11.8 Å². The highest BCUT2D eigenvalue weighted by atomic mass is 32.2. The van der Waals surface area contributed by atoms with E-state index in [0.717, 1.165) is 16.9 Å². The highest BCUT2D eigenvalue weighted by Gasteiger charge is 2.25. The fourth-order valence-electron chi connectivity index (χ4n) is 3.78. The summed E-state index contributed by atoms with van der Waals surface area (Å²) in [4.78, 5) is 33.4. The number of fused-ring (bicyclic) bond motifs is 1. The fraction of sp³-hybridized carbons (Fsp3) is 0.185. The van der Waals surface area contributed by atoms with Crippen LogP contribution < -0.4 is 10.5 Å². The molecule has 0 saturated heterocycles. The van der Waals surface area contributed by atoms with Gasteiger partial charge in [-0.05, 0) is 49.7 Å². The van der Waals surface area contributed by atoms with E-state index in [0.29, 0.717) is 22.6 Å². The maximum absolute atomic E-state index is 13.5. The molecule has 7 heteroatoms. The number of aryl methyl sites for hydroxylation is 1. The maximum Gasteiger partial charge on any atom is 0.266 e. The summed E-state index contributed by atoms with van der Waals surface area (Å²) in [5, 5.41) is 9.53. The van der Waals surface area contributed by atoms with E-state index in [4.69, 9.17) is 10.2 Å². The standard InChI is InChI=1S/C27H24N4O2S/c1-19-11-6-9-16-24(19)31-26(33)22-14-7-8-15-23(22)29-27(31)34-20(2)25(32)30(18-10-17-28)21-12-4-3-5-13-21/h3-9,11-16,20H,10,18H2,1-2H3. The Kier molecular flexibility index (Phi) is 7.09. The molecule has 34 heavy (non-hydrogen) atoms. The molecular weight excluding hydrogens is 444 g/mol. The van der Waals surface area contributed by atoms with Crippen LogP contribution in [0.1, 0.15) is 18.9 Å². The van der Waals surface area contributed by atoms with Crippen molar-refractivity contribution in [2.24, 2.45) is 0 Å². The number of benzene rings is 3. The first-order chi connectivity index (χ1) is 16.5. The van der Waals surface area contributed by atoms with Crippen LogP contribution in [0, 0.1) is 18.3 Å². The van der Waals surface area contributed by atoms with Crippen molar-refractivity contribution in [2.75, 3.05) is 11.4 Å². The van der Waals surface area contributed by atoms with Crippen molar-refractivity contribution in [1.82, 2.24) is 9.55 Å². The third-order valence-electron chi connectivity index (χ3n) is 5.51. The Hall–Kier alpha value is -3.89. The van der Waals surface area contributed by atoms with Crippen LogP contribution in [0.25, 0.3) is 16.6 Å². The number of hydrogen-bond donors (Lipinski definition) is 0. The van der Waals surface area contributed by atoms with Crippen LogP contribution in [-0.2, 0) is 4.79 Å². The third kappa shape index (κ3) is 4.73. The van der Waals surface area contributed by atoms with Gasteiger partial charge in [-0.15, -0.1) is 0 Å². The van der Waals surface area contributed by atoms with E-state index in [1.54, 1.807) is 28.5 Å². The summed E-state index contributed by atoms with van der Waals surface area (Å²) in [6, 6.07) is 26.3. The van der Waals surface area contributed by atoms with Crippen LogP contribution >= 0.6 is 11.8 Å². The SMILES string of the molecule is Cc1ccccc1-n1c(SC(C)C(=O)N(CCC#N)c2ccccc2)nc2ccccc2c1=O. The first kappa shape index (κ1) is 23.3. The van der Waals surface area contributed by atoms with Crippen LogP contribution in [0.15, 0.2) is 88.8 Å². The molecule has 6 nitrogen and oxygen atoms in total. The molecule has 0 fully saturated rings. The maximum atomic E-state index is 13.5. The Morgan fingerprint density at radius 3 is 2.47 bits per heavy atom. The lowest BCUT2D eigenvalue weighted by atomic mass is 10.2. The highest BCUT2D eigenvalue weighted by Crippen LogP contribution is 2.28. The summed E-state index contributed by atoms with van der Waals surface area (Å²) in [6.45, 7) is 4.04. The molecule has 0 bridgehead atoms. The van der Waals surface area contributed by atoms with Crippen molar-refractivity contribution in [1.29, 1.82) is 5.26 Å². The highest BCUT2D eigenvalue weighted by molar-refractivity contribution is 8.00. The fourth-order valence-corrected chi connectivity index (χ4v) is 4.76. The lowest BCUT2D eigenvalue weighted by Crippen LogP contribution is -2.37. The Balaban J connectivity index is 1.77. The quantitative estimate of drug-likeness (QED) is 0.278. The molecule has 0 aliphatic rings. The zero-order valence-corrected chi connectivity index (χ0v) is 19.8. The molecule has 4 aromatic rings. The first-order valence-corrected chi connectivity index (χ1v) is 11.9. The Labute approximate surface area is 202 Å². The van der Waals surface area contributed by atoms with Gasteiger partial charge in [0.2, 0.25) is 5.91 Å². The number of carbonyl (C=O) groups excluding carboxylic acids is 1. The Bertz CT molecular complexity index is 1430. The van der Waals surface area contributed by atoms with Crippen molar-refractivity contribution < 1.29 is 4.79 Å². The van der Waals surface area contributed by atoms with E-state index in [-0.39, 0.29) is 17.9 Å². The molecule has 1 atom stereocenters. The van der Waals surface area contributed by atoms with Crippen molar-refractivity contribution in [3.05, 3.63) is 94.8 Å². The summed E-state index contributed by atoms with van der Waals surface area (Å²) in [5.41, 5.74) is 2.81. The molecule has 0 radical (unpaired) electrons. The molecule has 0 N–H and O–H groups in total. The van der Waals surface area contributed by atoms with Gasteiger partial charge in [0.25, 0.3) is 5.56 Å². The number of rotatable bonds is 7. The van der Waals surface area contributed by atoms with E-state index >= 15 is 0 Å². The van der Waals surface area contributed by atoms with Gasteiger partial charge in [0.05, 0.1) is 34.3 Å². The van der Waals surface area contributed by atoms with Gasteiger partial charge in [-0.25, -0.2) is 4.98 Å². The number of amides is 1.